The van der Waals surface area contributed by atoms with Crippen LogP contribution in [0.3, 0.4) is 0 Å². The van der Waals surface area contributed by atoms with Crippen molar-refractivity contribution in [1.29, 1.82) is 0 Å². The third kappa shape index (κ3) is 2.17. The first-order valence-corrected chi connectivity index (χ1v) is 3.76. The average Bonchev–Trinajstić information content (AvgIpc) is 1.96. The molecule has 64 valence electrons. The molecule has 0 aromatic heterocycles. The standard InChI is InChI=1S/C7H13NO3/c9-4-6(10)8-5-7(11)2-1-3-7/h9,11H,1-5H2,(H,8,10). The molecule has 1 fully saturated rings. The molecule has 0 aliphatic heterocycles. The molecule has 0 spiro atoms. The van der Waals surface area contributed by atoms with E-state index >= 15 is 0 Å². The second-order valence-corrected chi connectivity index (χ2v) is 3.01. The first-order valence-electron chi connectivity index (χ1n) is 3.76. The Hall–Kier alpha value is -0.610. The predicted octanol–water partition coefficient (Wildman–Crippen LogP) is -0.990. The fourth-order valence-corrected chi connectivity index (χ4v) is 1.08. The Morgan fingerprint density at radius 1 is 1.55 bits per heavy atom. The highest BCUT2D eigenvalue weighted by molar-refractivity contribution is 5.76. The third-order valence-electron chi connectivity index (χ3n) is 2.04. The quantitative estimate of drug-likeness (QED) is 0.495. The van der Waals surface area contributed by atoms with Gasteiger partial charge in [0.15, 0.2) is 0 Å². The van der Waals surface area contributed by atoms with Gasteiger partial charge in [-0.05, 0) is 19.3 Å². The number of carbonyl (C=O) groups is 1. The van der Waals surface area contributed by atoms with E-state index in [0.29, 0.717) is 0 Å². The number of amides is 1. The summed E-state index contributed by atoms with van der Waals surface area (Å²) in [6.45, 7) is -0.234. The van der Waals surface area contributed by atoms with Crippen LogP contribution in [0.5, 0.6) is 0 Å². The second-order valence-electron chi connectivity index (χ2n) is 3.01. The van der Waals surface area contributed by atoms with Gasteiger partial charge in [-0.2, -0.15) is 0 Å². The molecule has 4 nitrogen and oxygen atoms in total. The minimum atomic E-state index is -0.690. The van der Waals surface area contributed by atoms with Crippen LogP contribution in [0.15, 0.2) is 0 Å². The molecule has 0 aromatic rings. The maximum atomic E-state index is 10.5. The van der Waals surface area contributed by atoms with Crippen molar-refractivity contribution >= 4 is 5.91 Å². The van der Waals surface area contributed by atoms with Crippen molar-refractivity contribution in [2.45, 2.75) is 24.9 Å². The smallest absolute Gasteiger partial charge is 0.245 e. The number of hydrogen-bond donors (Lipinski definition) is 3. The van der Waals surface area contributed by atoms with E-state index in [0.717, 1.165) is 19.3 Å². The highest BCUT2D eigenvalue weighted by atomic mass is 16.3. The van der Waals surface area contributed by atoms with Crippen molar-refractivity contribution in [2.75, 3.05) is 13.2 Å². The molecule has 11 heavy (non-hydrogen) atoms. The van der Waals surface area contributed by atoms with Gasteiger partial charge in [0, 0.05) is 6.54 Å². The minimum absolute atomic E-state index is 0.270. The molecule has 1 aliphatic rings. The average molecular weight is 159 g/mol. The van der Waals surface area contributed by atoms with E-state index in [9.17, 15) is 9.90 Å². The van der Waals surface area contributed by atoms with E-state index < -0.39 is 18.1 Å². The molecule has 0 bridgehead atoms. The van der Waals surface area contributed by atoms with Gasteiger partial charge in [0.2, 0.25) is 5.91 Å². The Bertz CT molecular complexity index is 154. The molecule has 0 unspecified atom stereocenters. The van der Waals surface area contributed by atoms with E-state index in [-0.39, 0.29) is 6.54 Å². The zero-order valence-corrected chi connectivity index (χ0v) is 6.34. The monoisotopic (exact) mass is 159 g/mol. The Labute approximate surface area is 65.2 Å². The summed E-state index contributed by atoms with van der Waals surface area (Å²) in [5.74, 6) is -0.426. The van der Waals surface area contributed by atoms with E-state index in [2.05, 4.69) is 5.32 Å². The SMILES string of the molecule is O=C(CO)NCC1(O)CCC1. The Balaban J connectivity index is 2.16. The molecular formula is C7H13NO3. The van der Waals surface area contributed by atoms with Crippen molar-refractivity contribution in [2.24, 2.45) is 0 Å². The lowest BCUT2D eigenvalue weighted by Gasteiger charge is -2.36. The zero-order chi connectivity index (χ0) is 8.32. The molecule has 1 amide bonds. The van der Waals surface area contributed by atoms with E-state index in [1.165, 1.54) is 0 Å². The van der Waals surface area contributed by atoms with Gasteiger partial charge in [-0.1, -0.05) is 0 Å². The van der Waals surface area contributed by atoms with Gasteiger partial charge >= 0.3 is 0 Å². The molecule has 1 saturated carbocycles. The summed E-state index contributed by atoms with van der Waals surface area (Å²) < 4.78 is 0. The largest absolute Gasteiger partial charge is 0.388 e. The first-order chi connectivity index (χ1) is 5.16. The number of rotatable bonds is 3. The third-order valence-corrected chi connectivity index (χ3v) is 2.04. The molecule has 0 radical (unpaired) electrons. The summed E-state index contributed by atoms with van der Waals surface area (Å²) in [6.07, 6.45) is 2.52. The molecule has 0 atom stereocenters. The van der Waals surface area contributed by atoms with Crippen molar-refractivity contribution in [3.63, 3.8) is 0 Å². The van der Waals surface area contributed by atoms with Crippen LogP contribution in [0, 0.1) is 0 Å². The van der Waals surface area contributed by atoms with Crippen LogP contribution >= 0.6 is 0 Å². The molecule has 3 N–H and O–H groups in total. The van der Waals surface area contributed by atoms with Gasteiger partial charge in [-0.15, -0.1) is 0 Å². The lowest BCUT2D eigenvalue weighted by atomic mass is 9.80. The predicted molar refractivity (Wildman–Crippen MR) is 38.9 cm³/mol. The van der Waals surface area contributed by atoms with Gasteiger partial charge in [0.1, 0.15) is 6.61 Å². The van der Waals surface area contributed by atoms with Crippen LogP contribution in [0.1, 0.15) is 19.3 Å². The maximum Gasteiger partial charge on any atom is 0.245 e. The summed E-state index contributed by atoms with van der Waals surface area (Å²) in [4.78, 5) is 10.5. The van der Waals surface area contributed by atoms with Crippen LogP contribution in [0.4, 0.5) is 0 Å². The number of carbonyl (C=O) groups excluding carboxylic acids is 1. The first kappa shape index (κ1) is 8.49. The Kier molecular flexibility index (Phi) is 2.46. The number of nitrogens with one attached hydrogen (secondary N) is 1. The van der Waals surface area contributed by atoms with E-state index in [1.54, 1.807) is 0 Å². The topological polar surface area (TPSA) is 69.6 Å². The lowest BCUT2D eigenvalue weighted by molar-refractivity contribution is -0.126. The lowest BCUT2D eigenvalue weighted by Crippen LogP contribution is -2.48. The highest BCUT2D eigenvalue weighted by Gasteiger charge is 2.34. The normalized spacial score (nSPS) is 20.5. The maximum absolute atomic E-state index is 10.5. The van der Waals surface area contributed by atoms with Crippen LogP contribution in [-0.4, -0.2) is 34.9 Å². The molecule has 4 heteroatoms. The van der Waals surface area contributed by atoms with E-state index in [4.69, 9.17) is 5.11 Å². The van der Waals surface area contributed by atoms with Gasteiger partial charge in [0.05, 0.1) is 5.60 Å². The number of aliphatic hydroxyl groups excluding tert-OH is 1. The van der Waals surface area contributed by atoms with Crippen molar-refractivity contribution in [3.05, 3.63) is 0 Å². The summed E-state index contributed by atoms with van der Waals surface area (Å²) in [7, 11) is 0. The van der Waals surface area contributed by atoms with Gasteiger partial charge in [-0.3, -0.25) is 4.79 Å². The molecule has 1 aliphatic carbocycles. The summed E-state index contributed by atoms with van der Waals surface area (Å²) in [5.41, 5.74) is -0.690. The number of aliphatic hydroxyl groups is 2. The molecule has 0 aromatic carbocycles. The summed E-state index contributed by atoms with van der Waals surface area (Å²) in [6, 6.07) is 0. The Morgan fingerprint density at radius 3 is 2.55 bits per heavy atom. The van der Waals surface area contributed by atoms with Crippen LogP contribution in [-0.2, 0) is 4.79 Å². The van der Waals surface area contributed by atoms with Crippen molar-refractivity contribution < 1.29 is 15.0 Å². The van der Waals surface area contributed by atoms with Crippen LogP contribution in [0.2, 0.25) is 0 Å². The minimum Gasteiger partial charge on any atom is -0.388 e. The van der Waals surface area contributed by atoms with Crippen molar-refractivity contribution in [3.8, 4) is 0 Å². The summed E-state index contributed by atoms with van der Waals surface area (Å²) in [5, 5.41) is 20.2. The zero-order valence-electron chi connectivity index (χ0n) is 6.34. The molecule has 1 rings (SSSR count). The second kappa shape index (κ2) is 3.19. The van der Waals surface area contributed by atoms with Crippen LogP contribution in [0.25, 0.3) is 0 Å². The van der Waals surface area contributed by atoms with Gasteiger partial charge < -0.3 is 15.5 Å². The van der Waals surface area contributed by atoms with Gasteiger partial charge in [0.25, 0.3) is 0 Å². The Morgan fingerprint density at radius 2 is 2.18 bits per heavy atom. The van der Waals surface area contributed by atoms with E-state index in [1.807, 2.05) is 0 Å². The van der Waals surface area contributed by atoms with Crippen LogP contribution < -0.4 is 5.32 Å². The molecular weight excluding hydrogens is 146 g/mol. The van der Waals surface area contributed by atoms with Gasteiger partial charge in [-0.25, -0.2) is 0 Å². The summed E-state index contributed by atoms with van der Waals surface area (Å²) >= 11 is 0. The number of hydrogen-bond acceptors (Lipinski definition) is 3. The fraction of sp³-hybridized carbons (Fsp3) is 0.857. The molecule has 0 saturated heterocycles. The van der Waals surface area contributed by atoms with Crippen molar-refractivity contribution in [1.82, 2.24) is 5.32 Å². The highest BCUT2D eigenvalue weighted by Crippen LogP contribution is 2.30. The molecule has 0 heterocycles. The fourth-order valence-electron chi connectivity index (χ4n) is 1.08.